The summed E-state index contributed by atoms with van der Waals surface area (Å²) in [6.07, 6.45) is 1.65. The highest BCUT2D eigenvalue weighted by atomic mass is 32.2. The predicted octanol–water partition coefficient (Wildman–Crippen LogP) is 3.53. The number of hydrogen-bond donors (Lipinski definition) is 1. The molecule has 0 aliphatic heterocycles. The van der Waals surface area contributed by atoms with E-state index in [4.69, 9.17) is 9.15 Å². The SMILES string of the molecule is CCOC(=O)Cc1csc(SCC(=O)N(C)c2ccccc2C(=O)NCc2ccco2)n1. The summed E-state index contributed by atoms with van der Waals surface area (Å²) >= 11 is 2.66. The minimum atomic E-state index is -0.327. The van der Waals surface area contributed by atoms with Crippen LogP contribution in [0.1, 0.15) is 28.7 Å². The number of thiazole rings is 1. The van der Waals surface area contributed by atoms with Gasteiger partial charge in [0.1, 0.15) is 5.76 Å². The van der Waals surface area contributed by atoms with Crippen LogP contribution in [0.5, 0.6) is 0 Å². The molecule has 10 heteroatoms. The van der Waals surface area contributed by atoms with Crippen LogP contribution in [0, 0.1) is 0 Å². The molecule has 1 N–H and O–H groups in total. The first-order valence-corrected chi connectivity index (χ1v) is 11.7. The van der Waals surface area contributed by atoms with Crippen LogP contribution < -0.4 is 10.2 Å². The number of hydrogen-bond acceptors (Lipinski definition) is 8. The van der Waals surface area contributed by atoms with Gasteiger partial charge in [-0.15, -0.1) is 11.3 Å². The summed E-state index contributed by atoms with van der Waals surface area (Å²) < 4.78 is 10.8. The van der Waals surface area contributed by atoms with E-state index in [0.29, 0.717) is 33.7 Å². The molecular weight excluding hydrogens is 450 g/mol. The van der Waals surface area contributed by atoms with Crippen molar-refractivity contribution in [2.75, 3.05) is 24.3 Å². The van der Waals surface area contributed by atoms with E-state index in [0.717, 1.165) is 0 Å². The minimum Gasteiger partial charge on any atom is -0.467 e. The smallest absolute Gasteiger partial charge is 0.311 e. The second-order valence-corrected chi connectivity index (χ2v) is 8.69. The average molecular weight is 474 g/mol. The predicted molar refractivity (Wildman–Crippen MR) is 123 cm³/mol. The summed E-state index contributed by atoms with van der Waals surface area (Å²) in [4.78, 5) is 42.8. The fourth-order valence-electron chi connectivity index (χ4n) is 2.78. The Balaban J connectivity index is 1.58. The monoisotopic (exact) mass is 473 g/mol. The molecule has 2 amide bonds. The number of aromatic nitrogens is 1. The van der Waals surface area contributed by atoms with E-state index in [-0.39, 0.29) is 36.5 Å². The molecule has 0 bridgehead atoms. The molecule has 2 heterocycles. The van der Waals surface area contributed by atoms with E-state index in [1.807, 2.05) is 0 Å². The maximum Gasteiger partial charge on any atom is 0.311 e. The van der Waals surface area contributed by atoms with E-state index >= 15 is 0 Å². The summed E-state index contributed by atoms with van der Waals surface area (Å²) in [5, 5.41) is 4.58. The molecule has 0 spiro atoms. The van der Waals surface area contributed by atoms with Crippen LogP contribution in [0.25, 0.3) is 0 Å². The molecule has 3 rings (SSSR count). The van der Waals surface area contributed by atoms with Gasteiger partial charge in [-0.25, -0.2) is 4.98 Å². The van der Waals surface area contributed by atoms with Gasteiger partial charge >= 0.3 is 5.97 Å². The van der Waals surface area contributed by atoms with Crippen LogP contribution in [0.2, 0.25) is 0 Å². The van der Waals surface area contributed by atoms with Crippen molar-refractivity contribution in [1.29, 1.82) is 0 Å². The zero-order valence-corrected chi connectivity index (χ0v) is 19.3. The number of nitrogens with one attached hydrogen (secondary N) is 1. The van der Waals surface area contributed by atoms with Crippen LogP contribution in [0.4, 0.5) is 5.69 Å². The maximum atomic E-state index is 12.8. The summed E-state index contributed by atoms with van der Waals surface area (Å²) in [6.45, 7) is 2.34. The first-order chi connectivity index (χ1) is 15.5. The third-order valence-corrected chi connectivity index (χ3v) is 6.42. The van der Waals surface area contributed by atoms with Gasteiger partial charge in [0.15, 0.2) is 4.34 Å². The van der Waals surface area contributed by atoms with Crippen molar-refractivity contribution in [1.82, 2.24) is 10.3 Å². The van der Waals surface area contributed by atoms with Gasteiger partial charge < -0.3 is 19.4 Å². The molecule has 168 valence electrons. The Kier molecular flexibility index (Phi) is 8.46. The maximum absolute atomic E-state index is 12.8. The van der Waals surface area contributed by atoms with E-state index in [9.17, 15) is 14.4 Å². The Hall–Kier alpha value is -3.11. The fourth-order valence-corrected chi connectivity index (χ4v) is 4.54. The van der Waals surface area contributed by atoms with Crippen molar-refractivity contribution in [3.63, 3.8) is 0 Å². The third-order valence-electron chi connectivity index (χ3n) is 4.37. The molecule has 0 saturated carbocycles. The van der Waals surface area contributed by atoms with Gasteiger partial charge in [0.2, 0.25) is 5.91 Å². The van der Waals surface area contributed by atoms with E-state index in [1.165, 1.54) is 28.0 Å². The number of nitrogens with zero attached hydrogens (tertiary/aromatic N) is 2. The number of anilines is 1. The molecule has 0 atom stereocenters. The molecule has 0 aliphatic rings. The number of para-hydroxylation sites is 1. The van der Waals surface area contributed by atoms with Gasteiger partial charge in [-0.1, -0.05) is 23.9 Å². The summed E-state index contributed by atoms with van der Waals surface area (Å²) in [5.74, 6) is -0.0173. The fraction of sp³-hybridized carbons (Fsp3) is 0.273. The number of carbonyl (C=O) groups excluding carboxylic acids is 3. The van der Waals surface area contributed by atoms with Gasteiger partial charge in [-0.3, -0.25) is 14.4 Å². The average Bonchev–Trinajstić information content (AvgIpc) is 3.47. The van der Waals surface area contributed by atoms with Gasteiger partial charge in [0.25, 0.3) is 5.91 Å². The van der Waals surface area contributed by atoms with Crippen LogP contribution in [-0.2, 0) is 27.3 Å². The summed E-state index contributed by atoms with van der Waals surface area (Å²) in [6, 6.07) is 10.5. The number of thioether (sulfide) groups is 1. The third kappa shape index (κ3) is 6.44. The molecule has 0 radical (unpaired) electrons. The quantitative estimate of drug-likeness (QED) is 0.355. The topological polar surface area (TPSA) is 102 Å². The second-order valence-electron chi connectivity index (χ2n) is 6.61. The van der Waals surface area contributed by atoms with Crippen molar-refractivity contribution in [3.8, 4) is 0 Å². The molecule has 32 heavy (non-hydrogen) atoms. The van der Waals surface area contributed by atoms with Crippen molar-refractivity contribution in [2.45, 2.75) is 24.2 Å². The molecular formula is C22H23N3O5S2. The van der Waals surface area contributed by atoms with Crippen molar-refractivity contribution in [2.24, 2.45) is 0 Å². The lowest BCUT2D eigenvalue weighted by atomic mass is 10.1. The highest BCUT2D eigenvalue weighted by molar-refractivity contribution is 8.01. The highest BCUT2D eigenvalue weighted by Gasteiger charge is 2.19. The Morgan fingerprint density at radius 1 is 1.22 bits per heavy atom. The van der Waals surface area contributed by atoms with Crippen molar-refractivity contribution >= 4 is 46.6 Å². The summed E-state index contributed by atoms with van der Waals surface area (Å²) in [5.41, 5.74) is 1.53. The first kappa shape index (κ1) is 23.6. The van der Waals surface area contributed by atoms with Crippen molar-refractivity contribution < 1.29 is 23.5 Å². The normalized spacial score (nSPS) is 10.6. The number of benzene rings is 1. The highest BCUT2D eigenvalue weighted by Crippen LogP contribution is 2.25. The molecule has 3 aromatic rings. The molecule has 1 aromatic carbocycles. The molecule has 0 aliphatic carbocycles. The number of carbonyl (C=O) groups is 3. The molecule has 0 unspecified atom stereocenters. The number of esters is 1. The van der Waals surface area contributed by atoms with Gasteiger partial charge in [-0.2, -0.15) is 0 Å². The van der Waals surface area contributed by atoms with Gasteiger partial charge in [0.05, 0.1) is 48.5 Å². The lowest BCUT2D eigenvalue weighted by Gasteiger charge is -2.20. The lowest BCUT2D eigenvalue weighted by Crippen LogP contribution is -2.31. The van der Waals surface area contributed by atoms with Crippen molar-refractivity contribution in [3.05, 3.63) is 65.1 Å². The van der Waals surface area contributed by atoms with Gasteiger partial charge in [0, 0.05) is 12.4 Å². The largest absolute Gasteiger partial charge is 0.467 e. The van der Waals surface area contributed by atoms with Crippen LogP contribution >= 0.6 is 23.1 Å². The number of ether oxygens (including phenoxy) is 1. The number of rotatable bonds is 10. The zero-order chi connectivity index (χ0) is 22.9. The van der Waals surface area contributed by atoms with Crippen LogP contribution in [0.3, 0.4) is 0 Å². The number of furan rings is 1. The second kappa shape index (κ2) is 11.5. The number of amides is 2. The molecule has 0 saturated heterocycles. The zero-order valence-electron chi connectivity index (χ0n) is 17.7. The standard InChI is InChI=1S/C22H23N3O5S2/c1-3-29-20(27)11-15-13-31-22(24-15)32-14-19(26)25(2)18-9-5-4-8-17(18)21(28)23-12-16-7-6-10-30-16/h4-10,13H,3,11-12,14H2,1-2H3,(H,23,28). The minimum absolute atomic E-state index is 0.110. The molecule has 2 aromatic heterocycles. The Bertz CT molecular complexity index is 1070. The van der Waals surface area contributed by atoms with Gasteiger partial charge in [-0.05, 0) is 31.2 Å². The molecule has 0 fully saturated rings. The first-order valence-electron chi connectivity index (χ1n) is 9.87. The lowest BCUT2D eigenvalue weighted by molar-refractivity contribution is -0.142. The van der Waals surface area contributed by atoms with E-state index in [1.54, 1.807) is 62.0 Å². The Labute approximate surface area is 194 Å². The Morgan fingerprint density at radius 2 is 2.03 bits per heavy atom. The van der Waals surface area contributed by atoms with Crippen LogP contribution in [-0.4, -0.2) is 42.2 Å². The Morgan fingerprint density at radius 3 is 2.78 bits per heavy atom. The van der Waals surface area contributed by atoms with E-state index in [2.05, 4.69) is 10.3 Å². The summed E-state index contributed by atoms with van der Waals surface area (Å²) in [7, 11) is 1.63. The molecule has 8 nitrogen and oxygen atoms in total. The van der Waals surface area contributed by atoms with E-state index < -0.39 is 0 Å². The van der Waals surface area contributed by atoms with Crippen LogP contribution in [0.15, 0.2) is 56.8 Å².